The molecular weight excluding hydrogens is 949 g/mol. The molecule has 0 saturated heterocycles. The molecule has 6 heteroatoms. The molecule has 0 aliphatic rings. The summed E-state index contributed by atoms with van der Waals surface area (Å²) in [5.74, 6) is 0. The minimum atomic E-state index is -3.16. The maximum atomic E-state index is 9.77. The standard InChI is InChI=1S/C57H47N4O.Ir/c1-57(2,3)34-48-33-54(51-16-10-15-50-49-26-22-44(35-58)32-55(49)62-56(50)51)61-38-47(48)25-21-43-30-41(19-17-39-23-27-52(59-36-39)45-11-6-4-7-12-45)29-42(31-43)20-18-40-24-28-53(60-37-40)46-13-8-5-9-14-46;/h4-11,13,15,22-24,26-33,36-38H,17-21,25,34H2,1-3H3;/q-3;+3/i17D2,18D2,19D2,20D2,21D2,25D2;. The molecule has 0 spiro atoms. The van der Waals surface area contributed by atoms with Crippen molar-refractivity contribution < 1.29 is 41.0 Å². The normalized spacial score (nSPS) is 15.6. The van der Waals surface area contributed by atoms with E-state index in [0.29, 0.717) is 56.1 Å². The number of hydrogen-bond acceptors (Lipinski definition) is 5. The zero-order valence-electron chi connectivity index (χ0n) is 46.6. The molecule has 0 unspecified atom stereocenters. The average Bonchev–Trinajstić information content (AvgIpc) is 3.76. The first-order valence-electron chi connectivity index (χ1n) is 26.1. The van der Waals surface area contributed by atoms with Gasteiger partial charge in [-0.25, -0.2) is 0 Å². The first kappa shape index (κ1) is 30.5. The molecule has 9 rings (SSSR count). The summed E-state index contributed by atoms with van der Waals surface area (Å²) in [6.07, 6.45) is -14.4. The van der Waals surface area contributed by atoms with E-state index in [2.05, 4.69) is 39.2 Å². The summed E-state index contributed by atoms with van der Waals surface area (Å²) >= 11 is 0. The Kier molecular flexibility index (Phi) is 9.33. The fourth-order valence-electron chi connectivity index (χ4n) is 7.10. The predicted molar refractivity (Wildman–Crippen MR) is 249 cm³/mol. The van der Waals surface area contributed by atoms with Crippen LogP contribution in [0, 0.1) is 34.9 Å². The Morgan fingerprint density at radius 1 is 0.571 bits per heavy atom. The van der Waals surface area contributed by atoms with Gasteiger partial charge in [-0.15, -0.1) is 90.0 Å². The number of fused-ring (bicyclic) bond motifs is 3. The number of aromatic nitrogens is 3. The van der Waals surface area contributed by atoms with Crippen molar-refractivity contribution in [3.63, 3.8) is 0 Å². The Hall–Kier alpha value is -6.51. The molecule has 4 heterocycles. The zero-order valence-corrected chi connectivity index (χ0v) is 37.0. The van der Waals surface area contributed by atoms with Crippen molar-refractivity contribution in [3.8, 4) is 39.8 Å². The largest absolute Gasteiger partial charge is 3.00 e. The van der Waals surface area contributed by atoms with Crippen molar-refractivity contribution in [1.29, 1.82) is 5.26 Å². The fourth-order valence-corrected chi connectivity index (χ4v) is 7.10. The second-order valence-electron chi connectivity index (χ2n) is 16.0. The van der Waals surface area contributed by atoms with Gasteiger partial charge in [0.1, 0.15) is 5.58 Å². The number of rotatable bonds is 13. The first-order valence-corrected chi connectivity index (χ1v) is 20.1. The number of aryl methyl sites for hydroxylation is 6. The zero-order chi connectivity index (χ0) is 53.2. The van der Waals surface area contributed by atoms with Crippen LogP contribution in [0.25, 0.3) is 55.7 Å². The van der Waals surface area contributed by atoms with Crippen LogP contribution in [-0.2, 0) is 64.8 Å². The monoisotopic (exact) mass is 1010 g/mol. The summed E-state index contributed by atoms with van der Waals surface area (Å²) in [5, 5.41) is 11.0. The van der Waals surface area contributed by atoms with Gasteiger partial charge in [-0.2, -0.15) is 5.26 Å². The van der Waals surface area contributed by atoms with E-state index < -0.39 is 60.3 Å². The number of pyridine rings is 3. The molecule has 0 bridgehead atoms. The van der Waals surface area contributed by atoms with Crippen LogP contribution in [0.4, 0.5) is 0 Å². The van der Waals surface area contributed by atoms with Gasteiger partial charge in [-0.1, -0.05) is 86.3 Å². The van der Waals surface area contributed by atoms with E-state index in [1.807, 2.05) is 26.8 Å². The van der Waals surface area contributed by atoms with Crippen LogP contribution >= 0.6 is 0 Å². The van der Waals surface area contributed by atoms with Crippen LogP contribution < -0.4 is 0 Å². The van der Waals surface area contributed by atoms with E-state index >= 15 is 0 Å². The molecule has 5 nitrogen and oxygen atoms in total. The van der Waals surface area contributed by atoms with Gasteiger partial charge >= 0.3 is 20.1 Å². The first-order chi connectivity index (χ1) is 34.8. The van der Waals surface area contributed by atoms with Gasteiger partial charge in [0.15, 0.2) is 0 Å². The number of nitrogens with zero attached hydrogens (tertiary/aromatic N) is 4. The van der Waals surface area contributed by atoms with Gasteiger partial charge in [0.25, 0.3) is 0 Å². The van der Waals surface area contributed by atoms with E-state index in [9.17, 15) is 21.7 Å². The summed E-state index contributed by atoms with van der Waals surface area (Å²) in [6, 6.07) is 44.5. The van der Waals surface area contributed by atoms with Gasteiger partial charge in [0, 0.05) is 40.4 Å². The van der Waals surface area contributed by atoms with E-state index in [0.717, 1.165) is 29.0 Å². The van der Waals surface area contributed by atoms with Crippen LogP contribution in [0.15, 0.2) is 150 Å². The summed E-state index contributed by atoms with van der Waals surface area (Å²) in [6.45, 7) is 5.82. The molecule has 0 aliphatic heterocycles. The number of hydrogen-bond donors (Lipinski definition) is 0. The summed E-state index contributed by atoms with van der Waals surface area (Å²) < 4.78 is 121. The SMILES string of the molecule is [2H]C([2H])(c1ccc(-c2[c-]cccc2)nc1)C([2H])([2H])c1cc(C([2H])([2H])C([2H])([2H])c2ccc(-c3[c-]cccc3)nc2)cc(C([2H])([2H])C([2H])([2H])c2cnc(-c3[c-]ccc4c3oc3cc(C#N)ccc34)cc2CC(C)(C)C)c1.[Ir+3]. The minimum Gasteiger partial charge on any atom is -0.501 e. The Morgan fingerprint density at radius 3 is 1.70 bits per heavy atom. The average molecular weight is 1010 g/mol. The summed E-state index contributed by atoms with van der Waals surface area (Å²) in [7, 11) is 0. The smallest absolute Gasteiger partial charge is 0.501 e. The van der Waals surface area contributed by atoms with Crippen molar-refractivity contribution in [2.75, 3.05) is 0 Å². The summed E-state index contributed by atoms with van der Waals surface area (Å²) in [5.41, 5.74) is 1.78. The number of nitriles is 1. The number of benzene rings is 5. The quantitative estimate of drug-likeness (QED) is 0.108. The van der Waals surface area contributed by atoms with Gasteiger partial charge in [0.2, 0.25) is 0 Å². The molecule has 0 N–H and O–H groups in total. The third-order valence-corrected chi connectivity index (χ3v) is 10.0. The molecule has 0 atom stereocenters. The van der Waals surface area contributed by atoms with Crippen LogP contribution in [0.5, 0.6) is 0 Å². The maximum Gasteiger partial charge on any atom is 3.00 e. The van der Waals surface area contributed by atoms with E-state index in [4.69, 9.17) is 4.42 Å². The molecule has 4 aromatic heterocycles. The molecule has 0 aliphatic carbocycles. The predicted octanol–water partition coefficient (Wildman–Crippen LogP) is 13.0. The third-order valence-electron chi connectivity index (χ3n) is 10.0. The number of furan rings is 1. The van der Waals surface area contributed by atoms with Crippen molar-refractivity contribution >= 4 is 21.9 Å². The molecule has 310 valence electrons. The van der Waals surface area contributed by atoms with Crippen LogP contribution in [0.3, 0.4) is 0 Å². The minimum absolute atomic E-state index is 0. The van der Waals surface area contributed by atoms with Crippen molar-refractivity contribution in [3.05, 3.63) is 209 Å². The molecule has 0 saturated carbocycles. The van der Waals surface area contributed by atoms with E-state index in [1.165, 1.54) is 42.9 Å². The fraction of sp³-hybridized carbons (Fsp3) is 0.193. The van der Waals surface area contributed by atoms with Crippen molar-refractivity contribution in [2.45, 2.75) is 65.4 Å². The Morgan fingerprint density at radius 2 is 1.16 bits per heavy atom. The van der Waals surface area contributed by atoms with E-state index in [1.54, 1.807) is 78.9 Å². The Balaban J connectivity index is 0.00000747. The van der Waals surface area contributed by atoms with Gasteiger partial charge in [0.05, 0.1) is 17.2 Å². The second-order valence-corrected chi connectivity index (χ2v) is 16.0. The van der Waals surface area contributed by atoms with Crippen LogP contribution in [0.2, 0.25) is 0 Å². The molecule has 0 fully saturated rings. The molecular formula is C57H47IrN4O. The Labute approximate surface area is 401 Å². The topological polar surface area (TPSA) is 75.6 Å². The summed E-state index contributed by atoms with van der Waals surface area (Å²) in [4.78, 5) is 13.5. The molecule has 0 radical (unpaired) electrons. The van der Waals surface area contributed by atoms with Crippen LogP contribution in [-0.4, -0.2) is 15.0 Å². The van der Waals surface area contributed by atoms with Gasteiger partial charge in [-0.05, 0) is 118 Å². The maximum absolute atomic E-state index is 9.77. The third kappa shape index (κ3) is 10.4. The molecule has 9 aromatic rings. The Bertz CT molecular complexity index is 3470. The molecule has 0 amide bonds. The van der Waals surface area contributed by atoms with Crippen molar-refractivity contribution in [1.82, 2.24) is 15.0 Å². The van der Waals surface area contributed by atoms with Gasteiger partial charge < -0.3 is 19.4 Å². The van der Waals surface area contributed by atoms with Crippen molar-refractivity contribution in [2.24, 2.45) is 5.41 Å². The molecule has 5 aromatic carbocycles. The van der Waals surface area contributed by atoms with Crippen LogP contribution in [0.1, 0.15) is 81.7 Å². The second kappa shape index (κ2) is 19.3. The molecule has 63 heavy (non-hydrogen) atoms. The van der Waals surface area contributed by atoms with E-state index in [-0.39, 0.29) is 43.2 Å². The van der Waals surface area contributed by atoms with Gasteiger partial charge in [-0.3, -0.25) is 0 Å².